The zero-order chi connectivity index (χ0) is 36.4. The Balaban J connectivity index is 0.000000283. The van der Waals surface area contributed by atoms with Gasteiger partial charge < -0.3 is 14.0 Å². The first-order valence-corrected chi connectivity index (χ1v) is 17.2. The van der Waals surface area contributed by atoms with Crippen molar-refractivity contribution in [3.05, 3.63) is 101 Å². The van der Waals surface area contributed by atoms with Gasteiger partial charge in [0.25, 0.3) is 0 Å². The van der Waals surface area contributed by atoms with Gasteiger partial charge in [-0.25, -0.2) is 16.8 Å². The van der Waals surface area contributed by atoms with Gasteiger partial charge in [-0.15, -0.1) is 0 Å². The molecule has 0 amide bonds. The summed E-state index contributed by atoms with van der Waals surface area (Å²) in [5.74, 6) is 0. The average molecular weight is 730 g/mol. The molecule has 0 bridgehead atoms. The van der Waals surface area contributed by atoms with Gasteiger partial charge in [-0.2, -0.15) is 35.5 Å². The smallest absolute Gasteiger partial charge is 0.485 e. The minimum absolute atomic E-state index is 1.03. The van der Waals surface area contributed by atoms with E-state index in [-0.39, 0.29) is 0 Å². The Morgan fingerprint density at radius 2 is 1.12 bits per heavy atom. The first-order valence-electron chi connectivity index (χ1n) is 14.3. The van der Waals surface area contributed by atoms with E-state index in [1.165, 1.54) is 50.5 Å². The molecule has 0 spiro atoms. The first kappa shape index (κ1) is 37.5. The molecule has 4 aromatic rings. The van der Waals surface area contributed by atoms with Crippen LogP contribution in [0.1, 0.15) is 22.3 Å². The summed E-state index contributed by atoms with van der Waals surface area (Å²) in [7, 11) is -8.04. The number of nitrogens with zero attached hydrogens (tertiary/aromatic N) is 3. The van der Waals surface area contributed by atoms with Crippen LogP contribution in [0.25, 0.3) is 34.7 Å². The van der Waals surface area contributed by atoms with Crippen LogP contribution in [0.3, 0.4) is 0 Å². The Morgan fingerprint density at radius 3 is 1.61 bits per heavy atom. The lowest BCUT2D eigenvalue weighted by Gasteiger charge is -2.22. The van der Waals surface area contributed by atoms with E-state index in [9.17, 15) is 26.3 Å². The van der Waals surface area contributed by atoms with Crippen LogP contribution in [0.15, 0.2) is 79.1 Å². The molecule has 0 saturated heterocycles. The number of pyridine rings is 2. The summed E-state index contributed by atoms with van der Waals surface area (Å²) in [4.78, 5) is 2.13. The summed E-state index contributed by atoms with van der Waals surface area (Å²) < 4.78 is 123. The molecular weight excluding hydrogens is 700 g/mol. The third kappa shape index (κ3) is 9.03. The zero-order valence-corrected chi connectivity index (χ0v) is 27.5. The van der Waals surface area contributed by atoms with E-state index in [2.05, 4.69) is 119 Å². The van der Waals surface area contributed by atoms with Gasteiger partial charge in [0.2, 0.25) is 11.4 Å². The Labute approximate surface area is 278 Å². The molecule has 0 atom stereocenters. The van der Waals surface area contributed by atoms with Crippen LogP contribution in [0.4, 0.5) is 32.0 Å². The van der Waals surface area contributed by atoms with Crippen molar-refractivity contribution in [1.29, 1.82) is 0 Å². The van der Waals surface area contributed by atoms with Gasteiger partial charge >= 0.3 is 11.0 Å². The highest BCUT2D eigenvalue weighted by Gasteiger charge is 2.38. The van der Waals surface area contributed by atoms with Crippen molar-refractivity contribution >= 4 is 38.1 Å². The molecule has 6 rings (SSSR count). The van der Waals surface area contributed by atoms with Crippen LogP contribution in [0.5, 0.6) is 0 Å². The van der Waals surface area contributed by atoms with Crippen molar-refractivity contribution in [2.45, 2.75) is 36.9 Å². The SMILES string of the molecule is CN(C)c1ccc(/C=C/c2cc[n+]3c(c2)-c2c(ccc4c2-c2cccc[n+]2CC4)CC3)cc1.O=S(=O)([O-])C(F)(F)F.O=S(=O)([O-])C(F)(F)F. The van der Waals surface area contributed by atoms with E-state index < -0.39 is 31.3 Å². The standard InChI is InChI=1S/C30H29N3.2CHF3O3S/c1-31(2)26-12-8-22(9-13-26)6-7-23-14-18-33-20-16-25-11-10-24-15-19-32-17-4-3-5-27(32)29(24)30(25)28(33)21-23;2*2-1(3,4)8(5,6)7/h3-14,17-18,21H,15-16,19-20H2,1-2H3;2*(H,5,6,7)/q+2;;/p-2. The minimum atomic E-state index is -6.09. The van der Waals surface area contributed by atoms with Crippen LogP contribution in [-0.4, -0.2) is 51.1 Å². The number of halogens is 6. The molecule has 0 aliphatic carbocycles. The fourth-order valence-corrected chi connectivity index (χ4v) is 5.21. The van der Waals surface area contributed by atoms with Gasteiger partial charge in [-0.3, -0.25) is 0 Å². The molecule has 2 aromatic carbocycles. The number of hydrogen-bond acceptors (Lipinski definition) is 7. The van der Waals surface area contributed by atoms with Crippen molar-refractivity contribution in [2.75, 3.05) is 19.0 Å². The van der Waals surface area contributed by atoms with Gasteiger partial charge in [0, 0.05) is 56.9 Å². The Kier molecular flexibility index (Phi) is 10.9. The fourth-order valence-electron chi connectivity index (χ4n) is 5.21. The molecule has 262 valence electrons. The van der Waals surface area contributed by atoms with Crippen LogP contribution in [-0.2, 0) is 46.2 Å². The lowest BCUT2D eigenvalue weighted by molar-refractivity contribution is -0.689. The van der Waals surface area contributed by atoms with Gasteiger partial charge in [-0.05, 0) is 40.5 Å². The van der Waals surface area contributed by atoms with E-state index in [4.69, 9.17) is 25.9 Å². The molecule has 17 heteroatoms. The second-order valence-electron chi connectivity index (χ2n) is 11.1. The maximum absolute atomic E-state index is 10.7. The number of benzene rings is 2. The van der Waals surface area contributed by atoms with E-state index in [1.54, 1.807) is 0 Å². The Hall–Kier alpha value is -4.32. The van der Waals surface area contributed by atoms with Gasteiger partial charge in [-0.1, -0.05) is 36.4 Å². The average Bonchev–Trinajstić information content (AvgIpc) is 3.02. The Morgan fingerprint density at radius 1 is 0.653 bits per heavy atom. The molecule has 0 N–H and O–H groups in total. The summed E-state index contributed by atoms with van der Waals surface area (Å²) in [5, 5.41) is 0. The summed E-state index contributed by atoms with van der Waals surface area (Å²) in [6, 6.07) is 24.6. The molecule has 0 unspecified atom stereocenters. The topological polar surface area (TPSA) is 125 Å². The normalized spacial score (nSPS) is 13.8. The molecule has 2 aliphatic rings. The highest BCUT2D eigenvalue weighted by atomic mass is 32.2. The van der Waals surface area contributed by atoms with Crippen molar-refractivity contribution < 1.29 is 61.4 Å². The molecule has 9 nitrogen and oxygen atoms in total. The molecule has 2 aromatic heterocycles. The molecular formula is C32H29F6N3O6S2. The van der Waals surface area contributed by atoms with Crippen LogP contribution >= 0.6 is 0 Å². The minimum Gasteiger partial charge on any atom is -0.741 e. The lowest BCUT2D eigenvalue weighted by Crippen LogP contribution is -2.43. The number of fused-ring (bicyclic) bond motifs is 7. The first-order chi connectivity index (χ1) is 22.7. The monoisotopic (exact) mass is 729 g/mol. The van der Waals surface area contributed by atoms with E-state index in [1.807, 2.05) is 0 Å². The fraction of sp³-hybridized carbons (Fsp3) is 0.250. The molecule has 0 fully saturated rings. The number of alkyl halides is 6. The second-order valence-corrected chi connectivity index (χ2v) is 13.8. The molecule has 49 heavy (non-hydrogen) atoms. The zero-order valence-electron chi connectivity index (χ0n) is 25.9. The highest BCUT2D eigenvalue weighted by Crippen LogP contribution is 2.39. The number of rotatable bonds is 3. The lowest BCUT2D eigenvalue weighted by atomic mass is 9.85. The van der Waals surface area contributed by atoms with Crippen LogP contribution in [0, 0.1) is 0 Å². The van der Waals surface area contributed by atoms with Crippen molar-refractivity contribution in [2.24, 2.45) is 0 Å². The number of anilines is 1. The van der Waals surface area contributed by atoms with Crippen LogP contribution < -0.4 is 14.0 Å². The molecule has 4 heterocycles. The third-order valence-electron chi connectivity index (χ3n) is 7.58. The number of hydrogen-bond donors (Lipinski definition) is 0. The number of aryl methyl sites for hydroxylation is 4. The van der Waals surface area contributed by atoms with Gasteiger partial charge in [0.15, 0.2) is 45.7 Å². The van der Waals surface area contributed by atoms with Gasteiger partial charge in [0.05, 0.1) is 11.1 Å². The van der Waals surface area contributed by atoms with Crippen molar-refractivity contribution in [1.82, 2.24) is 0 Å². The van der Waals surface area contributed by atoms with Gasteiger partial charge in [0.1, 0.15) is 0 Å². The number of aromatic nitrogens is 2. The van der Waals surface area contributed by atoms with E-state index >= 15 is 0 Å². The maximum Gasteiger partial charge on any atom is 0.485 e. The van der Waals surface area contributed by atoms with E-state index in [0.717, 1.165) is 25.9 Å². The summed E-state index contributed by atoms with van der Waals surface area (Å²) >= 11 is 0. The molecule has 0 radical (unpaired) electrons. The van der Waals surface area contributed by atoms with Crippen molar-refractivity contribution in [3.63, 3.8) is 0 Å². The highest BCUT2D eigenvalue weighted by molar-refractivity contribution is 7.86. The summed E-state index contributed by atoms with van der Waals surface area (Å²) in [6.45, 7) is 2.09. The summed E-state index contributed by atoms with van der Waals surface area (Å²) in [6.07, 6.45) is 11.1. The van der Waals surface area contributed by atoms with Crippen molar-refractivity contribution in [3.8, 4) is 22.5 Å². The maximum atomic E-state index is 10.7. The van der Waals surface area contributed by atoms with Crippen LogP contribution in [0.2, 0.25) is 0 Å². The predicted molar refractivity (Wildman–Crippen MR) is 166 cm³/mol. The molecule has 2 aliphatic heterocycles. The predicted octanol–water partition coefficient (Wildman–Crippen LogP) is 5.05. The van der Waals surface area contributed by atoms with E-state index in [0.29, 0.717) is 0 Å². The Bertz CT molecular complexity index is 2040. The quantitative estimate of drug-likeness (QED) is 0.125. The largest absolute Gasteiger partial charge is 0.741 e. The second kappa shape index (κ2) is 14.3. The third-order valence-corrected chi connectivity index (χ3v) is 8.71. The summed E-state index contributed by atoms with van der Waals surface area (Å²) in [5.41, 5.74) is 0.825. The molecule has 0 saturated carbocycles.